The molecule has 3 N–H and O–H groups in total. The molecule has 204 valence electrons. The summed E-state index contributed by atoms with van der Waals surface area (Å²) in [5.41, 5.74) is 7.66. The average molecular weight is 551 g/mol. The van der Waals surface area contributed by atoms with Gasteiger partial charge in [0, 0.05) is 11.4 Å². The molecule has 0 heterocycles. The number of halogens is 1. The minimum Gasteiger partial charge on any atom is -0.490 e. The third-order valence-electron chi connectivity index (χ3n) is 5.64. The van der Waals surface area contributed by atoms with Gasteiger partial charge in [-0.25, -0.2) is 5.43 Å². The van der Waals surface area contributed by atoms with Gasteiger partial charge in [-0.3, -0.25) is 14.4 Å². The summed E-state index contributed by atoms with van der Waals surface area (Å²) in [5, 5.41) is 9.45. The number of amides is 3. The highest BCUT2D eigenvalue weighted by atomic mass is 35.5. The van der Waals surface area contributed by atoms with E-state index < -0.39 is 11.8 Å². The van der Waals surface area contributed by atoms with Gasteiger partial charge in [0.05, 0.1) is 17.8 Å². The molecule has 0 aliphatic heterocycles. The predicted octanol–water partition coefficient (Wildman–Crippen LogP) is 5.08. The van der Waals surface area contributed by atoms with Crippen molar-refractivity contribution >= 4 is 46.9 Å². The van der Waals surface area contributed by atoms with Crippen LogP contribution >= 0.6 is 11.6 Å². The number of aryl methyl sites for hydroxylation is 4. The fourth-order valence-electron chi connectivity index (χ4n) is 3.74. The number of nitrogens with one attached hydrogen (secondary N) is 3. The molecule has 0 fully saturated rings. The van der Waals surface area contributed by atoms with E-state index in [9.17, 15) is 14.4 Å². The van der Waals surface area contributed by atoms with Crippen molar-refractivity contribution in [2.24, 2.45) is 5.10 Å². The molecule has 3 rings (SSSR count). The van der Waals surface area contributed by atoms with E-state index in [-0.39, 0.29) is 23.3 Å². The second-order valence-electron chi connectivity index (χ2n) is 8.84. The molecular weight excluding hydrogens is 520 g/mol. The number of rotatable bonds is 9. The number of carbonyl (C=O) groups is 3. The standard InChI is InChI=1S/C29H31ClN4O5/c1-6-38-24-14-21(15-31-34-29(37)28(36)33-26-18(3)8-7-9-19(26)4)13-22(30)27(24)39-16-25(35)32-23-11-10-17(2)12-20(23)5/h7-15H,6,16H2,1-5H3,(H,32,35)(H,33,36)(H,34,37)/b31-15-. The zero-order chi connectivity index (χ0) is 28.5. The van der Waals surface area contributed by atoms with E-state index in [0.29, 0.717) is 29.3 Å². The van der Waals surface area contributed by atoms with Gasteiger partial charge in [-0.2, -0.15) is 5.10 Å². The Kier molecular flexibility index (Phi) is 10.1. The van der Waals surface area contributed by atoms with Gasteiger partial charge < -0.3 is 20.1 Å². The van der Waals surface area contributed by atoms with Crippen LogP contribution in [0.3, 0.4) is 0 Å². The SMILES string of the molecule is CCOc1cc(/C=N\NC(=O)C(=O)Nc2c(C)cccc2C)cc(Cl)c1OCC(=O)Nc1ccc(C)cc1C. The normalized spacial score (nSPS) is 10.7. The van der Waals surface area contributed by atoms with Crippen LogP contribution < -0.4 is 25.5 Å². The molecular formula is C29H31ClN4O5. The Hall–Kier alpha value is -4.37. The number of hydrazone groups is 1. The fourth-order valence-corrected chi connectivity index (χ4v) is 4.02. The van der Waals surface area contributed by atoms with Crippen LogP contribution in [-0.2, 0) is 14.4 Å². The zero-order valence-corrected chi connectivity index (χ0v) is 23.2. The molecule has 0 aliphatic carbocycles. The Balaban J connectivity index is 1.64. The Morgan fingerprint density at radius 1 is 0.897 bits per heavy atom. The summed E-state index contributed by atoms with van der Waals surface area (Å²) >= 11 is 6.42. The van der Waals surface area contributed by atoms with Gasteiger partial charge in [0.25, 0.3) is 5.91 Å². The quantitative estimate of drug-likeness (QED) is 0.195. The van der Waals surface area contributed by atoms with Crippen LogP contribution in [0.4, 0.5) is 11.4 Å². The molecule has 3 amide bonds. The highest BCUT2D eigenvalue weighted by molar-refractivity contribution is 6.39. The maximum atomic E-state index is 12.5. The first kappa shape index (κ1) is 29.2. The number of ether oxygens (including phenoxy) is 2. The Labute approximate surface area is 232 Å². The summed E-state index contributed by atoms with van der Waals surface area (Å²) in [5.74, 6) is -1.64. The maximum Gasteiger partial charge on any atom is 0.329 e. The van der Waals surface area contributed by atoms with Crippen molar-refractivity contribution in [1.82, 2.24) is 5.43 Å². The van der Waals surface area contributed by atoms with E-state index in [1.807, 2.05) is 64.1 Å². The van der Waals surface area contributed by atoms with Gasteiger partial charge >= 0.3 is 11.8 Å². The lowest BCUT2D eigenvalue weighted by Crippen LogP contribution is -2.32. The lowest BCUT2D eigenvalue weighted by Gasteiger charge is -2.15. The van der Waals surface area contributed by atoms with E-state index in [4.69, 9.17) is 21.1 Å². The van der Waals surface area contributed by atoms with E-state index in [1.165, 1.54) is 12.3 Å². The molecule has 0 atom stereocenters. The van der Waals surface area contributed by atoms with Crippen LogP contribution in [0.25, 0.3) is 0 Å². The lowest BCUT2D eigenvalue weighted by molar-refractivity contribution is -0.136. The number of carbonyl (C=O) groups excluding carboxylic acids is 3. The first-order chi connectivity index (χ1) is 18.6. The highest BCUT2D eigenvalue weighted by Crippen LogP contribution is 2.36. The van der Waals surface area contributed by atoms with Crippen molar-refractivity contribution in [3.8, 4) is 11.5 Å². The van der Waals surface area contributed by atoms with E-state index in [0.717, 1.165) is 22.3 Å². The molecule has 0 unspecified atom stereocenters. The molecule has 39 heavy (non-hydrogen) atoms. The first-order valence-corrected chi connectivity index (χ1v) is 12.6. The molecule has 3 aromatic rings. The topological polar surface area (TPSA) is 118 Å². The highest BCUT2D eigenvalue weighted by Gasteiger charge is 2.17. The van der Waals surface area contributed by atoms with Gasteiger partial charge in [0.2, 0.25) is 0 Å². The van der Waals surface area contributed by atoms with Crippen LogP contribution in [0.2, 0.25) is 5.02 Å². The minimum atomic E-state index is -0.931. The first-order valence-electron chi connectivity index (χ1n) is 12.3. The number of para-hydroxylation sites is 1. The van der Waals surface area contributed by atoms with Crippen molar-refractivity contribution in [3.63, 3.8) is 0 Å². The Bertz CT molecular complexity index is 1400. The monoisotopic (exact) mass is 550 g/mol. The number of benzene rings is 3. The third-order valence-corrected chi connectivity index (χ3v) is 5.92. The smallest absolute Gasteiger partial charge is 0.329 e. The molecule has 0 bridgehead atoms. The zero-order valence-electron chi connectivity index (χ0n) is 22.5. The number of hydrogen-bond acceptors (Lipinski definition) is 6. The molecule has 0 saturated carbocycles. The summed E-state index contributed by atoms with van der Waals surface area (Å²) in [6.07, 6.45) is 1.31. The van der Waals surface area contributed by atoms with Crippen LogP contribution in [0.15, 0.2) is 53.6 Å². The van der Waals surface area contributed by atoms with E-state index >= 15 is 0 Å². The predicted molar refractivity (Wildman–Crippen MR) is 153 cm³/mol. The summed E-state index contributed by atoms with van der Waals surface area (Å²) in [4.78, 5) is 37.0. The fraction of sp³-hybridized carbons (Fsp3) is 0.241. The van der Waals surface area contributed by atoms with Gasteiger partial charge in [-0.15, -0.1) is 0 Å². The molecule has 0 spiro atoms. The van der Waals surface area contributed by atoms with Crippen LogP contribution in [0, 0.1) is 27.7 Å². The number of nitrogens with zero attached hydrogens (tertiary/aromatic N) is 1. The summed E-state index contributed by atoms with van der Waals surface area (Å²) in [7, 11) is 0. The van der Waals surface area contributed by atoms with Gasteiger partial charge in [0.15, 0.2) is 18.1 Å². The van der Waals surface area contributed by atoms with Crippen molar-refractivity contribution in [2.75, 3.05) is 23.8 Å². The summed E-state index contributed by atoms with van der Waals surface area (Å²) < 4.78 is 11.3. The summed E-state index contributed by atoms with van der Waals surface area (Å²) in [6, 6.07) is 14.4. The second-order valence-corrected chi connectivity index (χ2v) is 9.25. The van der Waals surface area contributed by atoms with Crippen LogP contribution in [0.1, 0.15) is 34.7 Å². The van der Waals surface area contributed by atoms with E-state index in [2.05, 4.69) is 21.2 Å². The number of anilines is 2. The third kappa shape index (κ3) is 8.05. The largest absolute Gasteiger partial charge is 0.490 e. The van der Waals surface area contributed by atoms with Crippen molar-refractivity contribution < 1.29 is 23.9 Å². The van der Waals surface area contributed by atoms with Crippen molar-refractivity contribution in [1.29, 1.82) is 0 Å². The molecule has 0 aliphatic rings. The molecule has 9 nitrogen and oxygen atoms in total. The van der Waals surface area contributed by atoms with Crippen LogP contribution in [-0.4, -0.2) is 37.1 Å². The molecule has 0 aromatic heterocycles. The molecule has 3 aromatic carbocycles. The Morgan fingerprint density at radius 2 is 1.62 bits per heavy atom. The minimum absolute atomic E-state index is 0.181. The maximum absolute atomic E-state index is 12.5. The lowest BCUT2D eigenvalue weighted by atomic mass is 10.1. The van der Waals surface area contributed by atoms with Gasteiger partial charge in [0.1, 0.15) is 0 Å². The average Bonchev–Trinajstić information content (AvgIpc) is 2.87. The van der Waals surface area contributed by atoms with Crippen LogP contribution in [0.5, 0.6) is 11.5 Å². The van der Waals surface area contributed by atoms with E-state index in [1.54, 1.807) is 13.0 Å². The van der Waals surface area contributed by atoms with Gasteiger partial charge in [-0.05, 0) is 75.1 Å². The molecule has 10 heteroatoms. The van der Waals surface area contributed by atoms with Gasteiger partial charge in [-0.1, -0.05) is 47.5 Å². The molecule has 0 saturated heterocycles. The number of hydrogen-bond donors (Lipinski definition) is 3. The second kappa shape index (κ2) is 13.4. The Morgan fingerprint density at radius 3 is 2.28 bits per heavy atom. The molecule has 0 radical (unpaired) electrons. The van der Waals surface area contributed by atoms with Crippen molar-refractivity contribution in [2.45, 2.75) is 34.6 Å². The van der Waals surface area contributed by atoms with Crippen molar-refractivity contribution in [3.05, 3.63) is 81.4 Å². The summed E-state index contributed by atoms with van der Waals surface area (Å²) in [6.45, 7) is 9.38.